The van der Waals surface area contributed by atoms with E-state index in [1.807, 2.05) is 31.2 Å². The number of ether oxygens (including phenoxy) is 2. The van der Waals surface area contributed by atoms with Crippen LogP contribution in [0.3, 0.4) is 0 Å². The van der Waals surface area contributed by atoms with Crippen LogP contribution in [0.4, 0.5) is 5.95 Å². The second-order valence-corrected chi connectivity index (χ2v) is 7.75. The molecule has 0 saturated carbocycles. The van der Waals surface area contributed by atoms with Crippen molar-refractivity contribution in [2.24, 2.45) is 0 Å². The number of fused-ring (bicyclic) bond motifs is 2. The monoisotopic (exact) mass is 399 g/mol. The summed E-state index contributed by atoms with van der Waals surface area (Å²) >= 11 is 1.66. The van der Waals surface area contributed by atoms with E-state index in [0.29, 0.717) is 32.2 Å². The van der Waals surface area contributed by atoms with Crippen molar-refractivity contribution in [3.8, 4) is 0 Å². The fourth-order valence-corrected chi connectivity index (χ4v) is 4.59. The summed E-state index contributed by atoms with van der Waals surface area (Å²) in [5.74, 6) is 0.512. The van der Waals surface area contributed by atoms with E-state index in [4.69, 9.17) is 9.47 Å². The number of carbonyl (C=O) groups excluding carboxylic acids is 1. The number of amides is 1. The molecule has 1 aliphatic rings. The number of hydrogen-bond acceptors (Lipinski definition) is 5. The van der Waals surface area contributed by atoms with Gasteiger partial charge in [-0.05, 0) is 48.9 Å². The first-order chi connectivity index (χ1) is 13.8. The molecule has 0 saturated heterocycles. The number of thiophene rings is 1. The lowest BCUT2D eigenvalue weighted by molar-refractivity contribution is -0.119. The molecule has 28 heavy (non-hydrogen) atoms. The van der Waals surface area contributed by atoms with Crippen LogP contribution in [0, 0.1) is 0 Å². The van der Waals surface area contributed by atoms with Crippen molar-refractivity contribution in [2.75, 3.05) is 25.1 Å². The summed E-state index contributed by atoms with van der Waals surface area (Å²) in [4.78, 5) is 18.6. The molecule has 0 aliphatic carbocycles. The van der Waals surface area contributed by atoms with Gasteiger partial charge in [-0.15, -0.1) is 11.3 Å². The largest absolute Gasteiger partial charge is 0.382 e. The number of aryl methyl sites for hydroxylation is 1. The van der Waals surface area contributed by atoms with Crippen molar-refractivity contribution in [1.82, 2.24) is 9.55 Å². The van der Waals surface area contributed by atoms with Crippen molar-refractivity contribution in [3.05, 3.63) is 46.2 Å². The second-order valence-electron chi connectivity index (χ2n) is 6.80. The third-order valence-corrected chi connectivity index (χ3v) is 5.97. The average Bonchev–Trinajstić information content (AvgIpc) is 3.30. The quantitative estimate of drug-likeness (QED) is 0.578. The number of para-hydroxylation sites is 2. The lowest BCUT2D eigenvalue weighted by Crippen LogP contribution is -2.22. The first-order valence-corrected chi connectivity index (χ1v) is 10.6. The Kier molecular flexibility index (Phi) is 6.04. The van der Waals surface area contributed by atoms with Gasteiger partial charge < -0.3 is 14.0 Å². The molecule has 1 aliphatic heterocycles. The Bertz CT molecular complexity index is 949. The SMILES string of the molecule is CCOCCCn1c(NC(=O)CC2OCCc3ccsc32)nc2ccccc21. The molecule has 0 bridgehead atoms. The number of carbonyl (C=O) groups is 1. The number of benzene rings is 1. The lowest BCUT2D eigenvalue weighted by atomic mass is 10.1. The van der Waals surface area contributed by atoms with Gasteiger partial charge in [-0.1, -0.05) is 12.1 Å². The van der Waals surface area contributed by atoms with Crippen LogP contribution in [-0.4, -0.2) is 35.3 Å². The van der Waals surface area contributed by atoms with Crippen LogP contribution in [-0.2, 0) is 27.2 Å². The zero-order chi connectivity index (χ0) is 19.3. The lowest BCUT2D eigenvalue weighted by Gasteiger charge is -2.22. The van der Waals surface area contributed by atoms with Crippen LogP contribution in [0.15, 0.2) is 35.7 Å². The van der Waals surface area contributed by atoms with Crippen LogP contribution >= 0.6 is 11.3 Å². The first kappa shape index (κ1) is 19.1. The van der Waals surface area contributed by atoms with Crippen molar-refractivity contribution >= 4 is 34.2 Å². The molecule has 0 spiro atoms. The van der Waals surface area contributed by atoms with Gasteiger partial charge in [0.15, 0.2) is 0 Å². The van der Waals surface area contributed by atoms with Gasteiger partial charge in [0.1, 0.15) is 6.10 Å². The van der Waals surface area contributed by atoms with Gasteiger partial charge in [-0.2, -0.15) is 0 Å². The third kappa shape index (κ3) is 4.11. The van der Waals surface area contributed by atoms with Crippen LogP contribution in [0.1, 0.15) is 36.3 Å². The van der Waals surface area contributed by atoms with Crippen LogP contribution in [0.25, 0.3) is 11.0 Å². The Balaban J connectivity index is 1.48. The van der Waals surface area contributed by atoms with Crippen molar-refractivity contribution < 1.29 is 14.3 Å². The van der Waals surface area contributed by atoms with E-state index in [-0.39, 0.29) is 12.0 Å². The van der Waals surface area contributed by atoms with Crippen molar-refractivity contribution in [3.63, 3.8) is 0 Å². The highest BCUT2D eigenvalue weighted by molar-refractivity contribution is 7.10. The van der Waals surface area contributed by atoms with E-state index in [9.17, 15) is 4.79 Å². The molecule has 2 aromatic heterocycles. The molecular weight excluding hydrogens is 374 g/mol. The summed E-state index contributed by atoms with van der Waals surface area (Å²) in [5.41, 5.74) is 3.20. The number of aromatic nitrogens is 2. The Morgan fingerprint density at radius 3 is 3.18 bits per heavy atom. The number of hydrogen-bond donors (Lipinski definition) is 1. The Morgan fingerprint density at radius 1 is 1.39 bits per heavy atom. The molecule has 6 nitrogen and oxygen atoms in total. The van der Waals surface area contributed by atoms with E-state index >= 15 is 0 Å². The summed E-state index contributed by atoms with van der Waals surface area (Å²) in [6, 6.07) is 10.1. The average molecular weight is 400 g/mol. The van der Waals surface area contributed by atoms with Crippen molar-refractivity contribution in [2.45, 2.75) is 38.8 Å². The highest BCUT2D eigenvalue weighted by Crippen LogP contribution is 2.34. The minimum absolute atomic E-state index is 0.0763. The predicted octanol–water partition coefficient (Wildman–Crippen LogP) is 4.17. The molecule has 4 rings (SSSR count). The molecule has 0 fully saturated rings. The van der Waals surface area contributed by atoms with E-state index in [2.05, 4.69) is 26.3 Å². The highest BCUT2D eigenvalue weighted by Gasteiger charge is 2.25. The topological polar surface area (TPSA) is 65.4 Å². The zero-order valence-electron chi connectivity index (χ0n) is 16.0. The van der Waals surface area contributed by atoms with Gasteiger partial charge in [-0.25, -0.2) is 4.98 Å². The summed E-state index contributed by atoms with van der Waals surface area (Å²) in [7, 11) is 0. The van der Waals surface area contributed by atoms with Gasteiger partial charge in [0.2, 0.25) is 11.9 Å². The zero-order valence-corrected chi connectivity index (χ0v) is 16.8. The minimum Gasteiger partial charge on any atom is -0.382 e. The fraction of sp³-hybridized carbons (Fsp3) is 0.429. The van der Waals surface area contributed by atoms with Crippen LogP contribution in [0.2, 0.25) is 0 Å². The minimum atomic E-state index is -0.167. The van der Waals surface area contributed by atoms with Crippen molar-refractivity contribution in [1.29, 1.82) is 0 Å². The van der Waals surface area contributed by atoms with Gasteiger partial charge >= 0.3 is 0 Å². The fourth-order valence-electron chi connectivity index (χ4n) is 3.59. The molecule has 3 aromatic rings. The molecule has 1 amide bonds. The summed E-state index contributed by atoms with van der Waals surface area (Å²) in [6.45, 7) is 4.79. The van der Waals surface area contributed by atoms with Gasteiger partial charge in [0, 0.05) is 24.6 Å². The number of rotatable bonds is 8. The molecule has 7 heteroatoms. The van der Waals surface area contributed by atoms with Gasteiger partial charge in [0.25, 0.3) is 0 Å². The Morgan fingerprint density at radius 2 is 2.29 bits per heavy atom. The van der Waals surface area contributed by atoms with Crippen LogP contribution in [0.5, 0.6) is 0 Å². The molecule has 3 heterocycles. The second kappa shape index (κ2) is 8.86. The summed E-state index contributed by atoms with van der Waals surface area (Å²) < 4.78 is 13.4. The maximum Gasteiger partial charge on any atom is 0.229 e. The molecule has 148 valence electrons. The highest BCUT2D eigenvalue weighted by atomic mass is 32.1. The smallest absolute Gasteiger partial charge is 0.229 e. The molecular formula is C21H25N3O3S. The number of imidazole rings is 1. The normalized spacial score (nSPS) is 16.2. The Hall–Kier alpha value is -2.22. The van der Waals surface area contributed by atoms with Gasteiger partial charge in [-0.3, -0.25) is 10.1 Å². The number of anilines is 1. The first-order valence-electron chi connectivity index (χ1n) is 9.77. The molecule has 1 atom stereocenters. The van der Waals surface area contributed by atoms with Crippen LogP contribution < -0.4 is 5.32 Å². The predicted molar refractivity (Wildman–Crippen MR) is 111 cm³/mol. The van der Waals surface area contributed by atoms with E-state index in [1.54, 1.807) is 11.3 Å². The summed E-state index contributed by atoms with van der Waals surface area (Å²) in [6.07, 6.45) is 1.92. The molecule has 1 unspecified atom stereocenters. The molecule has 1 aromatic carbocycles. The summed E-state index contributed by atoms with van der Waals surface area (Å²) in [5, 5.41) is 5.08. The third-order valence-electron chi connectivity index (χ3n) is 4.91. The van der Waals surface area contributed by atoms with E-state index in [0.717, 1.165) is 30.4 Å². The molecule has 0 radical (unpaired) electrons. The number of nitrogens with one attached hydrogen (secondary N) is 1. The maximum atomic E-state index is 12.8. The Labute approximate surface area is 168 Å². The standard InChI is InChI=1S/C21H25N3O3S/c1-2-26-11-5-10-24-17-7-4-3-6-16(17)22-21(24)23-19(25)14-18-20-15(8-12-27-18)9-13-28-20/h3-4,6-7,9,13,18H,2,5,8,10-12,14H2,1H3,(H,22,23,25). The number of nitrogens with zero attached hydrogens (tertiary/aromatic N) is 2. The van der Waals surface area contributed by atoms with E-state index in [1.165, 1.54) is 10.4 Å². The molecule has 1 N–H and O–H groups in total. The maximum absolute atomic E-state index is 12.8. The van der Waals surface area contributed by atoms with E-state index < -0.39 is 0 Å². The van der Waals surface area contributed by atoms with Gasteiger partial charge in [0.05, 0.1) is 24.1 Å².